The number of benzene rings is 2. The van der Waals surface area contributed by atoms with Gasteiger partial charge < -0.3 is 9.84 Å². The smallest absolute Gasteiger partial charge is 0.148 e. The number of rotatable bonds is 3. The lowest BCUT2D eigenvalue weighted by Crippen LogP contribution is -2.09. The summed E-state index contributed by atoms with van der Waals surface area (Å²) in [5.41, 5.74) is 2.50. The van der Waals surface area contributed by atoms with E-state index in [4.69, 9.17) is 16.3 Å². The summed E-state index contributed by atoms with van der Waals surface area (Å²) in [6, 6.07) is 10.5. The molecule has 3 rings (SSSR count). The van der Waals surface area contributed by atoms with E-state index in [-0.39, 0.29) is 11.6 Å². The van der Waals surface area contributed by atoms with Crippen molar-refractivity contribution in [2.45, 2.75) is 32.0 Å². The van der Waals surface area contributed by atoms with E-state index in [2.05, 4.69) is 0 Å². The fourth-order valence-corrected chi connectivity index (χ4v) is 2.86. The van der Waals surface area contributed by atoms with Crippen molar-refractivity contribution in [1.29, 1.82) is 0 Å². The molecular weight excluding hydrogens is 291 g/mol. The van der Waals surface area contributed by atoms with E-state index in [1.54, 1.807) is 12.1 Å². The summed E-state index contributed by atoms with van der Waals surface area (Å²) >= 11 is 5.75. The van der Waals surface area contributed by atoms with Crippen molar-refractivity contribution in [3.05, 3.63) is 63.9 Å². The van der Waals surface area contributed by atoms with E-state index in [0.717, 1.165) is 30.4 Å². The zero-order chi connectivity index (χ0) is 14.8. The third-order valence-corrected chi connectivity index (χ3v) is 4.12. The normalized spacial score (nSPS) is 17.4. The first-order valence-corrected chi connectivity index (χ1v) is 7.39. The number of hydrogen-bond acceptors (Lipinski definition) is 2. The Morgan fingerprint density at radius 1 is 1.29 bits per heavy atom. The molecule has 0 amide bonds. The first kappa shape index (κ1) is 14.4. The number of aliphatic hydroxyl groups excluding tert-OH is 1. The summed E-state index contributed by atoms with van der Waals surface area (Å²) in [6.45, 7) is 0.112. The molecule has 1 N–H and O–H groups in total. The van der Waals surface area contributed by atoms with Crippen molar-refractivity contribution >= 4 is 11.6 Å². The average molecular weight is 307 g/mol. The SMILES string of the molecule is O[C@@H]1CCCc2ccc(OCc3cccc(Cl)c3F)cc21. The average Bonchev–Trinajstić information content (AvgIpc) is 2.49. The third kappa shape index (κ3) is 3.04. The van der Waals surface area contributed by atoms with Crippen LogP contribution in [0.5, 0.6) is 5.75 Å². The molecule has 4 heteroatoms. The van der Waals surface area contributed by atoms with Crippen LogP contribution in [0, 0.1) is 5.82 Å². The molecule has 0 heterocycles. The Morgan fingerprint density at radius 2 is 2.14 bits per heavy atom. The van der Waals surface area contributed by atoms with Crippen molar-refractivity contribution in [2.24, 2.45) is 0 Å². The maximum atomic E-state index is 13.8. The Balaban J connectivity index is 1.77. The zero-order valence-electron chi connectivity index (χ0n) is 11.5. The van der Waals surface area contributed by atoms with Crippen molar-refractivity contribution in [2.75, 3.05) is 0 Å². The lowest BCUT2D eigenvalue weighted by Gasteiger charge is -2.22. The molecular formula is C17H16ClFO2. The van der Waals surface area contributed by atoms with Crippen molar-refractivity contribution in [1.82, 2.24) is 0 Å². The van der Waals surface area contributed by atoms with Gasteiger partial charge >= 0.3 is 0 Å². The Morgan fingerprint density at radius 3 is 3.00 bits per heavy atom. The fourth-order valence-electron chi connectivity index (χ4n) is 2.66. The Bertz CT molecular complexity index is 657. The molecule has 0 unspecified atom stereocenters. The second-order valence-corrected chi connectivity index (χ2v) is 5.68. The summed E-state index contributed by atoms with van der Waals surface area (Å²) in [5, 5.41) is 10.1. The summed E-state index contributed by atoms with van der Waals surface area (Å²) in [5.74, 6) is 0.186. The molecule has 0 aromatic heterocycles. The van der Waals surface area contributed by atoms with Crippen LogP contribution in [0.15, 0.2) is 36.4 Å². The minimum absolute atomic E-state index is 0.0944. The van der Waals surface area contributed by atoms with Gasteiger partial charge in [0.2, 0.25) is 0 Å². The molecule has 110 valence electrons. The monoisotopic (exact) mass is 306 g/mol. The van der Waals surface area contributed by atoms with Gasteiger partial charge in [-0.3, -0.25) is 0 Å². The van der Waals surface area contributed by atoms with E-state index in [9.17, 15) is 9.50 Å². The molecule has 0 bridgehead atoms. The number of halogens is 2. The van der Waals surface area contributed by atoms with Gasteiger partial charge in [0, 0.05) is 5.56 Å². The second kappa shape index (κ2) is 6.04. The minimum atomic E-state index is -0.447. The van der Waals surface area contributed by atoms with E-state index in [1.165, 1.54) is 6.07 Å². The van der Waals surface area contributed by atoms with Crippen LogP contribution in [0.25, 0.3) is 0 Å². The maximum absolute atomic E-state index is 13.8. The summed E-state index contributed by atoms with van der Waals surface area (Å²) in [6.07, 6.45) is 2.33. The third-order valence-electron chi connectivity index (χ3n) is 3.83. The Hall–Kier alpha value is -1.58. The highest BCUT2D eigenvalue weighted by Crippen LogP contribution is 2.32. The van der Waals surface area contributed by atoms with Gasteiger partial charge in [-0.05, 0) is 48.6 Å². The standard InChI is InChI=1S/C17H16ClFO2/c18-15-5-1-4-12(17(15)19)10-21-13-8-7-11-3-2-6-16(20)14(11)9-13/h1,4-5,7-9,16,20H,2-3,6,10H2/t16-/m1/s1. The lowest BCUT2D eigenvalue weighted by atomic mass is 9.89. The van der Waals surface area contributed by atoms with Crippen molar-refractivity contribution in [3.63, 3.8) is 0 Å². The molecule has 0 spiro atoms. The maximum Gasteiger partial charge on any atom is 0.148 e. The van der Waals surface area contributed by atoms with Gasteiger partial charge in [-0.25, -0.2) is 4.39 Å². The minimum Gasteiger partial charge on any atom is -0.489 e. The van der Waals surface area contributed by atoms with Crippen LogP contribution < -0.4 is 4.74 Å². The van der Waals surface area contributed by atoms with Gasteiger partial charge in [0.15, 0.2) is 0 Å². The molecule has 1 atom stereocenters. The van der Waals surface area contributed by atoms with Gasteiger partial charge in [0.1, 0.15) is 18.2 Å². The highest BCUT2D eigenvalue weighted by atomic mass is 35.5. The first-order valence-electron chi connectivity index (χ1n) is 7.02. The topological polar surface area (TPSA) is 29.5 Å². The molecule has 0 radical (unpaired) electrons. The quantitative estimate of drug-likeness (QED) is 0.909. The first-order chi connectivity index (χ1) is 10.1. The molecule has 2 aromatic rings. The van der Waals surface area contributed by atoms with Gasteiger partial charge in [0.05, 0.1) is 11.1 Å². The van der Waals surface area contributed by atoms with Crippen LogP contribution in [0.4, 0.5) is 4.39 Å². The predicted molar refractivity (Wildman–Crippen MR) is 80.1 cm³/mol. The highest BCUT2D eigenvalue weighted by Gasteiger charge is 2.18. The fraction of sp³-hybridized carbons (Fsp3) is 0.294. The van der Waals surface area contributed by atoms with Gasteiger partial charge in [-0.1, -0.05) is 29.8 Å². The van der Waals surface area contributed by atoms with Crippen molar-refractivity contribution < 1.29 is 14.2 Å². The van der Waals surface area contributed by atoms with Gasteiger partial charge in [0.25, 0.3) is 0 Å². The van der Waals surface area contributed by atoms with E-state index in [1.807, 2.05) is 18.2 Å². The number of hydrogen-bond donors (Lipinski definition) is 1. The van der Waals surface area contributed by atoms with E-state index in [0.29, 0.717) is 11.3 Å². The Labute approximate surface area is 128 Å². The molecule has 0 saturated heterocycles. The van der Waals surface area contributed by atoms with Crippen LogP contribution in [-0.4, -0.2) is 5.11 Å². The summed E-state index contributed by atoms with van der Waals surface area (Å²) in [7, 11) is 0. The van der Waals surface area contributed by atoms with Crippen LogP contribution in [0.1, 0.15) is 35.6 Å². The van der Waals surface area contributed by atoms with Crippen LogP contribution >= 0.6 is 11.6 Å². The molecule has 1 aliphatic carbocycles. The number of aryl methyl sites for hydroxylation is 1. The summed E-state index contributed by atoms with van der Waals surface area (Å²) in [4.78, 5) is 0. The summed E-state index contributed by atoms with van der Waals surface area (Å²) < 4.78 is 19.4. The van der Waals surface area contributed by atoms with Crippen molar-refractivity contribution in [3.8, 4) is 5.75 Å². The molecule has 1 aliphatic rings. The number of aliphatic hydroxyl groups is 1. The van der Waals surface area contributed by atoms with Gasteiger partial charge in [-0.15, -0.1) is 0 Å². The van der Waals surface area contributed by atoms with Crippen LogP contribution in [0.3, 0.4) is 0 Å². The predicted octanol–water partition coefficient (Wildman–Crippen LogP) is 4.43. The molecule has 0 fully saturated rings. The Kier molecular flexibility index (Phi) is 4.13. The molecule has 2 aromatic carbocycles. The molecule has 0 saturated carbocycles. The van der Waals surface area contributed by atoms with Gasteiger partial charge in [-0.2, -0.15) is 0 Å². The molecule has 2 nitrogen and oxygen atoms in total. The lowest BCUT2D eigenvalue weighted by molar-refractivity contribution is 0.156. The zero-order valence-corrected chi connectivity index (χ0v) is 12.2. The molecule has 21 heavy (non-hydrogen) atoms. The second-order valence-electron chi connectivity index (χ2n) is 5.27. The van der Waals surface area contributed by atoms with E-state index >= 15 is 0 Å². The number of ether oxygens (including phenoxy) is 1. The van der Waals surface area contributed by atoms with Crippen LogP contribution in [0.2, 0.25) is 5.02 Å². The molecule has 0 aliphatic heterocycles. The number of fused-ring (bicyclic) bond motifs is 1. The highest BCUT2D eigenvalue weighted by molar-refractivity contribution is 6.30. The largest absolute Gasteiger partial charge is 0.489 e. The van der Waals surface area contributed by atoms with E-state index < -0.39 is 11.9 Å². The van der Waals surface area contributed by atoms with Crippen LogP contribution in [-0.2, 0) is 13.0 Å².